The molecule has 22 heavy (non-hydrogen) atoms. The highest BCUT2D eigenvalue weighted by Gasteiger charge is 2.35. The monoisotopic (exact) mass is 296 g/mol. The largest absolute Gasteiger partial charge is 0.497 e. The van der Waals surface area contributed by atoms with E-state index < -0.39 is 0 Å². The van der Waals surface area contributed by atoms with Gasteiger partial charge in [0, 0.05) is 23.7 Å². The third-order valence-electron chi connectivity index (χ3n) is 4.61. The Morgan fingerprint density at radius 2 is 1.86 bits per heavy atom. The molecule has 0 spiro atoms. The molecule has 4 rings (SSSR count). The minimum absolute atomic E-state index is 0.213. The van der Waals surface area contributed by atoms with Gasteiger partial charge in [-0.1, -0.05) is 18.2 Å². The van der Waals surface area contributed by atoms with Crippen molar-refractivity contribution in [2.45, 2.75) is 31.3 Å². The molecule has 1 saturated heterocycles. The van der Waals surface area contributed by atoms with Crippen LogP contribution >= 0.6 is 0 Å². The summed E-state index contributed by atoms with van der Waals surface area (Å²) < 4.78 is 17.6. The summed E-state index contributed by atoms with van der Waals surface area (Å²) in [4.78, 5) is 0. The fraction of sp³-hybridized carbons (Fsp3) is 0.368. The fourth-order valence-corrected chi connectivity index (χ4v) is 3.53. The third-order valence-corrected chi connectivity index (χ3v) is 4.61. The van der Waals surface area contributed by atoms with E-state index in [4.69, 9.17) is 14.2 Å². The predicted octanol–water partition coefficient (Wildman–Crippen LogP) is 4.50. The molecule has 114 valence electrons. The molecule has 2 unspecified atom stereocenters. The number of hydrogen-bond donors (Lipinski definition) is 0. The second-order valence-corrected chi connectivity index (χ2v) is 5.93. The van der Waals surface area contributed by atoms with Crippen molar-refractivity contribution in [1.29, 1.82) is 0 Å². The SMILES string of the molecule is COc1ccc2c(c1)C(C1CCCCO1)c1ccccc1O2. The Hall–Kier alpha value is -2.00. The molecule has 2 aliphatic rings. The standard InChI is InChI=1S/C19H20O3/c1-20-13-9-10-17-15(12-13)19(18-8-4-5-11-21-18)14-6-2-3-7-16(14)22-17/h2-3,6-7,9-10,12,18-19H,4-5,8,11H2,1H3. The highest BCUT2D eigenvalue weighted by Crippen LogP contribution is 2.48. The Bertz CT molecular complexity index is 674. The molecule has 2 atom stereocenters. The van der Waals surface area contributed by atoms with Crippen LogP contribution < -0.4 is 9.47 Å². The Morgan fingerprint density at radius 3 is 2.68 bits per heavy atom. The molecule has 0 amide bonds. The van der Waals surface area contributed by atoms with Gasteiger partial charge in [-0.2, -0.15) is 0 Å². The van der Waals surface area contributed by atoms with Crippen molar-refractivity contribution in [1.82, 2.24) is 0 Å². The number of benzene rings is 2. The number of fused-ring (bicyclic) bond motifs is 2. The molecule has 3 nitrogen and oxygen atoms in total. The topological polar surface area (TPSA) is 27.7 Å². The normalized spacial score (nSPS) is 23.1. The molecule has 0 radical (unpaired) electrons. The first-order valence-electron chi connectivity index (χ1n) is 7.93. The van der Waals surface area contributed by atoms with E-state index in [1.807, 2.05) is 24.3 Å². The maximum atomic E-state index is 6.11. The first kappa shape index (κ1) is 13.6. The van der Waals surface area contributed by atoms with Crippen molar-refractivity contribution in [2.24, 2.45) is 0 Å². The van der Waals surface area contributed by atoms with Crippen LogP contribution in [0.15, 0.2) is 42.5 Å². The predicted molar refractivity (Wildman–Crippen MR) is 84.9 cm³/mol. The van der Waals surface area contributed by atoms with Gasteiger partial charge in [0.1, 0.15) is 17.2 Å². The Balaban J connectivity index is 1.83. The van der Waals surface area contributed by atoms with E-state index in [1.165, 1.54) is 17.5 Å². The average Bonchev–Trinajstić information content (AvgIpc) is 2.60. The molecule has 2 aromatic carbocycles. The van der Waals surface area contributed by atoms with Crippen molar-refractivity contribution >= 4 is 0 Å². The quantitative estimate of drug-likeness (QED) is 0.816. The zero-order chi connectivity index (χ0) is 14.9. The van der Waals surface area contributed by atoms with Crippen LogP contribution in [0.1, 0.15) is 36.3 Å². The van der Waals surface area contributed by atoms with Crippen LogP contribution in [-0.4, -0.2) is 19.8 Å². The van der Waals surface area contributed by atoms with Gasteiger partial charge >= 0.3 is 0 Å². The minimum Gasteiger partial charge on any atom is -0.497 e. The summed E-state index contributed by atoms with van der Waals surface area (Å²) in [7, 11) is 1.70. The third kappa shape index (κ3) is 2.26. The highest BCUT2D eigenvalue weighted by atomic mass is 16.5. The zero-order valence-corrected chi connectivity index (χ0v) is 12.7. The molecule has 1 fully saturated rings. The van der Waals surface area contributed by atoms with Gasteiger partial charge < -0.3 is 14.2 Å². The van der Waals surface area contributed by atoms with Crippen LogP contribution in [-0.2, 0) is 4.74 Å². The van der Waals surface area contributed by atoms with Crippen molar-refractivity contribution in [2.75, 3.05) is 13.7 Å². The fourth-order valence-electron chi connectivity index (χ4n) is 3.53. The number of ether oxygens (including phenoxy) is 3. The molecule has 0 aromatic heterocycles. The van der Waals surface area contributed by atoms with Gasteiger partial charge in [-0.3, -0.25) is 0 Å². The number of methoxy groups -OCH3 is 1. The van der Waals surface area contributed by atoms with Gasteiger partial charge in [0.15, 0.2) is 0 Å². The van der Waals surface area contributed by atoms with Gasteiger partial charge in [-0.15, -0.1) is 0 Å². The van der Waals surface area contributed by atoms with E-state index >= 15 is 0 Å². The van der Waals surface area contributed by atoms with Gasteiger partial charge in [0.25, 0.3) is 0 Å². The van der Waals surface area contributed by atoms with Crippen LogP contribution in [0, 0.1) is 0 Å². The second kappa shape index (κ2) is 5.65. The molecule has 2 aliphatic heterocycles. The number of rotatable bonds is 2. The van der Waals surface area contributed by atoms with Crippen LogP contribution in [0.5, 0.6) is 17.2 Å². The first-order valence-corrected chi connectivity index (χ1v) is 7.93. The summed E-state index contributed by atoms with van der Waals surface area (Å²) in [6, 6.07) is 14.3. The zero-order valence-electron chi connectivity index (χ0n) is 12.7. The second-order valence-electron chi connectivity index (χ2n) is 5.93. The number of para-hydroxylation sites is 1. The van der Waals surface area contributed by atoms with E-state index in [-0.39, 0.29) is 12.0 Å². The van der Waals surface area contributed by atoms with Crippen molar-refractivity contribution in [3.8, 4) is 17.2 Å². The minimum atomic E-state index is 0.213. The summed E-state index contributed by atoms with van der Waals surface area (Å²) in [6.07, 6.45) is 3.69. The first-order chi connectivity index (χ1) is 10.9. The highest BCUT2D eigenvalue weighted by molar-refractivity contribution is 5.56. The smallest absolute Gasteiger partial charge is 0.131 e. The van der Waals surface area contributed by atoms with Crippen LogP contribution in [0.25, 0.3) is 0 Å². The summed E-state index contributed by atoms with van der Waals surface area (Å²) >= 11 is 0. The van der Waals surface area contributed by atoms with E-state index in [0.717, 1.165) is 36.7 Å². The van der Waals surface area contributed by atoms with Crippen molar-refractivity contribution in [3.63, 3.8) is 0 Å². The van der Waals surface area contributed by atoms with Gasteiger partial charge in [0.2, 0.25) is 0 Å². The van der Waals surface area contributed by atoms with E-state index in [9.17, 15) is 0 Å². The number of hydrogen-bond acceptors (Lipinski definition) is 3. The molecule has 0 saturated carbocycles. The summed E-state index contributed by atoms with van der Waals surface area (Å²) in [6.45, 7) is 0.851. The maximum absolute atomic E-state index is 6.11. The van der Waals surface area contributed by atoms with Crippen molar-refractivity contribution < 1.29 is 14.2 Å². The molecular weight excluding hydrogens is 276 g/mol. The van der Waals surface area contributed by atoms with Gasteiger partial charge in [0.05, 0.1) is 13.2 Å². The molecular formula is C19H20O3. The molecule has 3 heteroatoms. The lowest BCUT2D eigenvalue weighted by Crippen LogP contribution is -2.29. The van der Waals surface area contributed by atoms with Gasteiger partial charge in [-0.25, -0.2) is 0 Å². The lowest BCUT2D eigenvalue weighted by molar-refractivity contribution is 0.00483. The Kier molecular flexibility index (Phi) is 3.51. The van der Waals surface area contributed by atoms with Crippen LogP contribution in [0.3, 0.4) is 0 Å². The summed E-state index contributed by atoms with van der Waals surface area (Å²) in [5.41, 5.74) is 2.39. The average molecular weight is 296 g/mol. The lowest BCUT2D eigenvalue weighted by Gasteiger charge is -2.35. The molecule has 0 N–H and O–H groups in total. The summed E-state index contributed by atoms with van der Waals surface area (Å²) in [5.74, 6) is 2.94. The Labute approximate surface area is 130 Å². The van der Waals surface area contributed by atoms with Crippen LogP contribution in [0.2, 0.25) is 0 Å². The molecule has 2 heterocycles. The lowest BCUT2D eigenvalue weighted by atomic mass is 9.81. The van der Waals surface area contributed by atoms with Crippen LogP contribution in [0.4, 0.5) is 0 Å². The molecule has 2 aromatic rings. The summed E-state index contributed by atoms with van der Waals surface area (Å²) in [5, 5.41) is 0. The Morgan fingerprint density at radius 1 is 1.00 bits per heavy atom. The van der Waals surface area contributed by atoms with Crippen molar-refractivity contribution in [3.05, 3.63) is 53.6 Å². The maximum Gasteiger partial charge on any atom is 0.131 e. The van der Waals surface area contributed by atoms with E-state index in [0.29, 0.717) is 0 Å². The van der Waals surface area contributed by atoms with Gasteiger partial charge in [-0.05, 0) is 43.5 Å². The van der Waals surface area contributed by atoms with E-state index in [2.05, 4.69) is 18.2 Å². The molecule has 0 bridgehead atoms. The van der Waals surface area contributed by atoms with E-state index in [1.54, 1.807) is 7.11 Å². The molecule has 0 aliphatic carbocycles.